The van der Waals surface area contributed by atoms with E-state index in [1.54, 1.807) is 12.7 Å². The molecule has 0 unspecified atom stereocenters. The van der Waals surface area contributed by atoms with Crippen LogP contribution in [0.25, 0.3) is 0 Å². The molecule has 1 fully saturated rings. The zero-order valence-corrected chi connectivity index (χ0v) is 17.8. The molecule has 2 heterocycles. The quantitative estimate of drug-likeness (QED) is 0.579. The summed E-state index contributed by atoms with van der Waals surface area (Å²) in [6.07, 6.45) is 4.85. The zero-order valence-electron chi connectivity index (χ0n) is 17.8. The standard InChI is InChI=1S/C27H28N2O/c1-28-25-11-6-4-9-23(25)26-16-7-17-27(26,28)29(24-10-5-3-8-21(24)18-26)19-20-12-14-22(30-2)15-13-20/h3-6,8-15H,7,16-19H2,1-2H3/t26-,27-/m0/s1. The molecule has 0 amide bonds. The summed E-state index contributed by atoms with van der Waals surface area (Å²) < 4.78 is 5.39. The Bertz CT molecular complexity index is 1110. The Hall–Kier alpha value is -2.94. The predicted molar refractivity (Wildman–Crippen MR) is 122 cm³/mol. The lowest BCUT2D eigenvalue weighted by atomic mass is 9.66. The Labute approximate surface area is 178 Å². The lowest BCUT2D eigenvalue weighted by Gasteiger charge is -2.57. The molecule has 30 heavy (non-hydrogen) atoms. The molecule has 3 heteroatoms. The van der Waals surface area contributed by atoms with Crippen molar-refractivity contribution >= 4 is 11.4 Å². The number of fused-ring (bicyclic) bond motifs is 2. The second kappa shape index (κ2) is 6.28. The third-order valence-corrected chi connectivity index (χ3v) is 7.95. The fourth-order valence-corrected chi connectivity index (χ4v) is 6.76. The number of anilines is 2. The minimum Gasteiger partial charge on any atom is -0.497 e. The minimum atomic E-state index is -0.00896. The van der Waals surface area contributed by atoms with Gasteiger partial charge in [-0.05, 0) is 66.6 Å². The van der Waals surface area contributed by atoms with Gasteiger partial charge in [0.05, 0.1) is 7.11 Å². The molecule has 152 valence electrons. The number of hydrogen-bond donors (Lipinski definition) is 0. The van der Waals surface area contributed by atoms with Crippen molar-refractivity contribution in [2.45, 2.75) is 43.3 Å². The largest absolute Gasteiger partial charge is 0.497 e. The van der Waals surface area contributed by atoms with Gasteiger partial charge in [0, 0.05) is 30.4 Å². The molecule has 3 aliphatic rings. The SMILES string of the molecule is COc1ccc(CN2c3ccccc3C[C@]34CCC[C@]23N(C)c2ccccc24)cc1. The molecule has 0 bridgehead atoms. The lowest BCUT2D eigenvalue weighted by molar-refractivity contribution is 0.240. The Kier molecular flexibility index (Phi) is 3.74. The highest BCUT2D eigenvalue weighted by molar-refractivity contribution is 5.75. The van der Waals surface area contributed by atoms with Crippen LogP contribution in [-0.4, -0.2) is 19.8 Å². The van der Waals surface area contributed by atoms with E-state index < -0.39 is 0 Å². The molecule has 0 saturated heterocycles. The molecule has 3 aromatic carbocycles. The number of methoxy groups -OCH3 is 1. The van der Waals surface area contributed by atoms with E-state index >= 15 is 0 Å². The maximum Gasteiger partial charge on any atom is 0.123 e. The predicted octanol–water partition coefficient (Wildman–Crippen LogP) is 5.53. The fourth-order valence-electron chi connectivity index (χ4n) is 6.76. The highest BCUT2D eigenvalue weighted by atomic mass is 16.5. The zero-order chi connectivity index (χ0) is 20.3. The molecule has 0 spiro atoms. The maximum absolute atomic E-state index is 5.39. The molecule has 6 rings (SSSR count). The summed E-state index contributed by atoms with van der Waals surface area (Å²) in [4.78, 5) is 5.33. The first-order valence-corrected chi connectivity index (χ1v) is 11.0. The minimum absolute atomic E-state index is 0.00896. The second-order valence-electron chi connectivity index (χ2n) is 9.07. The molecule has 1 saturated carbocycles. The molecular weight excluding hydrogens is 368 g/mol. The summed E-state index contributed by atoms with van der Waals surface area (Å²) in [6.45, 7) is 0.904. The number of nitrogens with zero attached hydrogens (tertiary/aromatic N) is 2. The highest BCUT2D eigenvalue weighted by Gasteiger charge is 2.67. The van der Waals surface area contributed by atoms with Gasteiger partial charge in [-0.1, -0.05) is 48.5 Å². The van der Waals surface area contributed by atoms with Crippen molar-refractivity contribution in [2.75, 3.05) is 24.0 Å². The van der Waals surface area contributed by atoms with Gasteiger partial charge in [-0.3, -0.25) is 0 Å². The Morgan fingerprint density at radius 2 is 1.60 bits per heavy atom. The summed E-state index contributed by atoms with van der Waals surface area (Å²) in [5, 5.41) is 0. The average Bonchev–Trinajstić information content (AvgIpc) is 3.28. The fraction of sp³-hybridized carbons (Fsp3) is 0.333. The number of benzene rings is 3. The van der Waals surface area contributed by atoms with E-state index in [9.17, 15) is 0 Å². The Balaban J connectivity index is 1.55. The van der Waals surface area contributed by atoms with E-state index in [2.05, 4.69) is 89.6 Å². The molecule has 3 aromatic rings. The van der Waals surface area contributed by atoms with Crippen molar-refractivity contribution in [2.24, 2.45) is 0 Å². The van der Waals surface area contributed by atoms with Crippen LogP contribution in [0.1, 0.15) is 36.0 Å². The van der Waals surface area contributed by atoms with E-state index in [0.29, 0.717) is 0 Å². The van der Waals surface area contributed by atoms with Crippen molar-refractivity contribution in [3.05, 3.63) is 89.5 Å². The first-order chi connectivity index (χ1) is 14.7. The molecule has 3 nitrogen and oxygen atoms in total. The second-order valence-corrected chi connectivity index (χ2v) is 9.07. The highest BCUT2D eigenvalue weighted by Crippen LogP contribution is 2.65. The topological polar surface area (TPSA) is 15.7 Å². The van der Waals surface area contributed by atoms with Gasteiger partial charge in [0.1, 0.15) is 11.4 Å². The van der Waals surface area contributed by atoms with Gasteiger partial charge in [0.25, 0.3) is 0 Å². The van der Waals surface area contributed by atoms with Crippen LogP contribution in [0.5, 0.6) is 5.75 Å². The summed E-state index contributed by atoms with van der Waals surface area (Å²) in [7, 11) is 4.05. The Morgan fingerprint density at radius 1 is 0.867 bits per heavy atom. The number of para-hydroxylation sites is 2. The van der Waals surface area contributed by atoms with Crippen molar-refractivity contribution in [1.29, 1.82) is 0 Å². The molecule has 2 aliphatic heterocycles. The van der Waals surface area contributed by atoms with Crippen molar-refractivity contribution in [3.63, 3.8) is 0 Å². The molecular formula is C27H28N2O. The van der Waals surface area contributed by atoms with E-state index in [0.717, 1.165) is 18.7 Å². The average molecular weight is 397 g/mol. The number of hydrogen-bond acceptors (Lipinski definition) is 3. The van der Waals surface area contributed by atoms with Gasteiger partial charge in [-0.15, -0.1) is 0 Å². The van der Waals surface area contributed by atoms with Crippen molar-refractivity contribution < 1.29 is 4.74 Å². The normalized spacial score (nSPS) is 26.1. The van der Waals surface area contributed by atoms with Crippen LogP contribution in [0, 0.1) is 0 Å². The summed E-state index contributed by atoms with van der Waals surface area (Å²) in [5.74, 6) is 0.913. The van der Waals surface area contributed by atoms with Crippen LogP contribution in [0.3, 0.4) is 0 Å². The number of likely N-dealkylation sites (N-methyl/N-ethyl adjacent to an activating group) is 1. The van der Waals surface area contributed by atoms with Crippen LogP contribution >= 0.6 is 0 Å². The van der Waals surface area contributed by atoms with E-state index in [4.69, 9.17) is 4.74 Å². The van der Waals surface area contributed by atoms with Crippen LogP contribution in [0.4, 0.5) is 11.4 Å². The van der Waals surface area contributed by atoms with Crippen LogP contribution in [-0.2, 0) is 18.4 Å². The number of rotatable bonds is 3. The molecule has 0 radical (unpaired) electrons. The van der Waals surface area contributed by atoms with Gasteiger partial charge in [-0.2, -0.15) is 0 Å². The van der Waals surface area contributed by atoms with E-state index in [-0.39, 0.29) is 11.1 Å². The van der Waals surface area contributed by atoms with E-state index in [1.165, 1.54) is 41.8 Å². The van der Waals surface area contributed by atoms with Gasteiger partial charge in [0.2, 0.25) is 0 Å². The van der Waals surface area contributed by atoms with Gasteiger partial charge < -0.3 is 14.5 Å². The smallest absolute Gasteiger partial charge is 0.123 e. The monoisotopic (exact) mass is 396 g/mol. The Morgan fingerprint density at radius 3 is 2.40 bits per heavy atom. The molecule has 2 atom stereocenters. The summed E-state index contributed by atoms with van der Waals surface area (Å²) in [6, 6.07) is 26.8. The summed E-state index contributed by atoms with van der Waals surface area (Å²) in [5.41, 5.74) is 7.29. The van der Waals surface area contributed by atoms with Crippen LogP contribution in [0.15, 0.2) is 72.8 Å². The molecule has 1 aliphatic carbocycles. The lowest BCUT2D eigenvalue weighted by Crippen LogP contribution is -2.67. The van der Waals surface area contributed by atoms with E-state index in [1.807, 2.05) is 0 Å². The first kappa shape index (κ1) is 17.9. The third-order valence-electron chi connectivity index (χ3n) is 7.95. The summed E-state index contributed by atoms with van der Waals surface area (Å²) >= 11 is 0. The van der Waals surface area contributed by atoms with Gasteiger partial charge >= 0.3 is 0 Å². The van der Waals surface area contributed by atoms with Crippen LogP contribution in [0.2, 0.25) is 0 Å². The van der Waals surface area contributed by atoms with Crippen LogP contribution < -0.4 is 14.5 Å². The first-order valence-electron chi connectivity index (χ1n) is 11.0. The van der Waals surface area contributed by atoms with Gasteiger partial charge in [0.15, 0.2) is 0 Å². The third kappa shape index (κ3) is 2.10. The van der Waals surface area contributed by atoms with Gasteiger partial charge in [-0.25, -0.2) is 0 Å². The van der Waals surface area contributed by atoms with Crippen molar-refractivity contribution in [3.8, 4) is 5.75 Å². The maximum atomic E-state index is 5.39. The van der Waals surface area contributed by atoms with Crippen molar-refractivity contribution in [1.82, 2.24) is 0 Å². The molecule has 0 N–H and O–H groups in total. The number of ether oxygens (including phenoxy) is 1. The molecule has 0 aromatic heterocycles.